The number of hydrogen-bond donors (Lipinski definition) is 1. The summed E-state index contributed by atoms with van der Waals surface area (Å²) < 4.78 is 25.9. The molecule has 1 saturated carbocycles. The maximum absolute atomic E-state index is 14.7. The number of aryl methyl sites for hydroxylation is 1. The monoisotopic (exact) mass is 646 g/mol. The summed E-state index contributed by atoms with van der Waals surface area (Å²) in [5.41, 5.74) is -1.08. The summed E-state index contributed by atoms with van der Waals surface area (Å²) in [6.45, 7) is 13.5. The number of unbranched alkanes of at least 4 members (excludes halogenated alkanes) is 1. The maximum atomic E-state index is 14.7. The van der Waals surface area contributed by atoms with Gasteiger partial charge in [-0.2, -0.15) is 0 Å². The zero-order valence-corrected chi connectivity index (χ0v) is 29.6. The lowest BCUT2D eigenvalue weighted by molar-refractivity contribution is -0.816. The quantitative estimate of drug-likeness (QED) is 0.0948. The van der Waals surface area contributed by atoms with Gasteiger partial charge in [0.1, 0.15) is 11.8 Å². The molecule has 8 nitrogen and oxygen atoms in total. The van der Waals surface area contributed by atoms with Crippen LogP contribution in [-0.4, -0.2) is 64.6 Å². The molecular weight excluding hydrogens is 589 g/mol. The molecule has 3 rings (SSSR count). The van der Waals surface area contributed by atoms with Crippen LogP contribution < -0.4 is 0 Å². The van der Waals surface area contributed by atoms with E-state index in [0.717, 1.165) is 44.9 Å². The van der Waals surface area contributed by atoms with Gasteiger partial charge in [-0.25, -0.2) is 14.1 Å². The molecule has 2 fully saturated rings. The minimum absolute atomic E-state index is 0.131. The van der Waals surface area contributed by atoms with Crippen molar-refractivity contribution in [2.24, 2.45) is 16.2 Å². The van der Waals surface area contributed by atoms with E-state index in [9.17, 15) is 24.1 Å². The highest BCUT2D eigenvalue weighted by atomic mass is 31.2. The number of rotatable bonds is 14. The maximum Gasteiger partial charge on any atom is 0.363 e. The SMILES string of the molecule is [CH][N+]1(C(=O)CP(=O)(CCCCc2ccccc2)OCC(C)(OC(=O)CC)C(C)(C)C)CC(C)(C2(C)CCCCC2)CC1C(=O)O. The second-order valence-electron chi connectivity index (χ2n) is 15.4. The van der Waals surface area contributed by atoms with Gasteiger partial charge < -0.3 is 14.4 Å². The molecule has 9 heteroatoms. The number of nitrogens with zero attached hydrogens (tertiary/aromatic N) is 1. The molecule has 1 aliphatic heterocycles. The van der Waals surface area contributed by atoms with Crippen molar-refractivity contribution in [1.82, 2.24) is 0 Å². The average Bonchev–Trinajstić information content (AvgIpc) is 3.28. The molecule has 252 valence electrons. The van der Waals surface area contributed by atoms with Gasteiger partial charge in [-0.3, -0.25) is 9.36 Å². The Morgan fingerprint density at radius 2 is 1.64 bits per heavy atom. The number of hydrogen-bond acceptors (Lipinski definition) is 6. The van der Waals surface area contributed by atoms with Gasteiger partial charge in [-0.15, -0.1) is 0 Å². The molecule has 1 saturated heterocycles. The summed E-state index contributed by atoms with van der Waals surface area (Å²) in [6.07, 6.45) is 7.46. The van der Waals surface area contributed by atoms with Crippen LogP contribution in [-0.2, 0) is 34.6 Å². The van der Waals surface area contributed by atoms with E-state index < -0.39 is 58.3 Å². The lowest BCUT2D eigenvalue weighted by atomic mass is 9.58. The van der Waals surface area contributed by atoms with Crippen LogP contribution in [0.1, 0.15) is 112 Å². The van der Waals surface area contributed by atoms with Crippen molar-refractivity contribution in [1.29, 1.82) is 0 Å². The van der Waals surface area contributed by atoms with Gasteiger partial charge in [0.15, 0.2) is 6.04 Å². The lowest BCUT2D eigenvalue weighted by Crippen LogP contribution is -2.56. The first kappa shape index (κ1) is 37.4. The summed E-state index contributed by atoms with van der Waals surface area (Å²) in [5.74, 6) is -2.08. The van der Waals surface area contributed by atoms with Crippen molar-refractivity contribution in [3.8, 4) is 0 Å². The first-order chi connectivity index (χ1) is 20.8. The van der Waals surface area contributed by atoms with Crippen molar-refractivity contribution >= 4 is 25.2 Å². The van der Waals surface area contributed by atoms with Crippen LogP contribution in [0.15, 0.2) is 30.3 Å². The molecule has 1 N–H and O–H groups in total. The minimum Gasteiger partial charge on any atom is -0.477 e. The molecule has 1 amide bonds. The summed E-state index contributed by atoms with van der Waals surface area (Å²) >= 11 is 0. The number of carboxylic acids is 1. The normalized spacial score (nSPS) is 27.7. The number of likely N-dealkylation sites (tertiary alicyclic amines) is 1. The molecule has 5 unspecified atom stereocenters. The fourth-order valence-corrected chi connectivity index (χ4v) is 9.32. The Morgan fingerprint density at radius 3 is 2.20 bits per heavy atom. The molecule has 0 spiro atoms. The first-order valence-electron chi connectivity index (χ1n) is 16.7. The number of carbonyl (C=O) groups excluding carboxylic acids is 2. The molecule has 45 heavy (non-hydrogen) atoms. The van der Waals surface area contributed by atoms with E-state index >= 15 is 0 Å². The number of amides is 1. The van der Waals surface area contributed by atoms with E-state index in [1.165, 1.54) is 5.56 Å². The second kappa shape index (κ2) is 14.4. The van der Waals surface area contributed by atoms with Crippen LogP contribution in [0.5, 0.6) is 0 Å². The Kier molecular flexibility index (Phi) is 12.0. The summed E-state index contributed by atoms with van der Waals surface area (Å²) in [6, 6.07) is 8.88. The number of esters is 1. The Bertz CT molecular complexity index is 1240. The molecule has 1 aliphatic carbocycles. The molecule has 2 aliphatic rings. The van der Waals surface area contributed by atoms with E-state index in [1.54, 1.807) is 13.8 Å². The molecule has 5 atom stereocenters. The van der Waals surface area contributed by atoms with Gasteiger partial charge >= 0.3 is 17.8 Å². The summed E-state index contributed by atoms with van der Waals surface area (Å²) in [4.78, 5) is 39.2. The highest BCUT2D eigenvalue weighted by molar-refractivity contribution is 7.59. The van der Waals surface area contributed by atoms with E-state index in [4.69, 9.17) is 16.3 Å². The zero-order chi connectivity index (χ0) is 33.7. The van der Waals surface area contributed by atoms with E-state index in [-0.39, 0.29) is 31.1 Å². The topological polar surface area (TPSA) is 107 Å². The van der Waals surface area contributed by atoms with Gasteiger partial charge in [-0.05, 0) is 50.0 Å². The van der Waals surface area contributed by atoms with Crippen molar-refractivity contribution < 1.29 is 37.8 Å². The Balaban J connectivity index is 1.88. The number of benzene rings is 1. The van der Waals surface area contributed by atoms with Crippen molar-refractivity contribution in [3.05, 3.63) is 42.9 Å². The molecule has 1 aromatic carbocycles. The third kappa shape index (κ3) is 8.67. The predicted molar refractivity (Wildman–Crippen MR) is 177 cm³/mol. The summed E-state index contributed by atoms with van der Waals surface area (Å²) in [5, 5.41) is 10.3. The number of ether oxygens (including phenoxy) is 1. The molecule has 0 aromatic heterocycles. The van der Waals surface area contributed by atoms with Crippen LogP contribution in [0.4, 0.5) is 0 Å². The smallest absolute Gasteiger partial charge is 0.363 e. The first-order valence-corrected chi connectivity index (χ1v) is 18.7. The van der Waals surface area contributed by atoms with E-state index in [1.807, 2.05) is 51.1 Å². The number of aliphatic carboxylic acids is 1. The van der Waals surface area contributed by atoms with E-state index in [0.29, 0.717) is 12.8 Å². The highest BCUT2D eigenvalue weighted by Gasteiger charge is 2.64. The van der Waals surface area contributed by atoms with Crippen LogP contribution in [0, 0.1) is 23.3 Å². The number of quaternary nitrogens is 1. The van der Waals surface area contributed by atoms with Gasteiger partial charge in [0.25, 0.3) is 0 Å². The molecule has 1 aromatic rings. The summed E-state index contributed by atoms with van der Waals surface area (Å²) in [7, 11) is 3.14. The van der Waals surface area contributed by atoms with Gasteiger partial charge in [0.2, 0.25) is 14.4 Å². The minimum atomic E-state index is -3.69. The Morgan fingerprint density at radius 1 is 1.02 bits per heavy atom. The molecular formula is C36H57NO7P+. The second-order valence-corrected chi connectivity index (χ2v) is 18.1. The number of carbonyl (C=O) groups is 3. The van der Waals surface area contributed by atoms with Crippen LogP contribution in [0.25, 0.3) is 0 Å². The molecule has 0 bridgehead atoms. The Hall–Kier alpha value is -2.02. The highest BCUT2D eigenvalue weighted by Crippen LogP contribution is 2.58. The van der Waals surface area contributed by atoms with Gasteiger partial charge in [0.05, 0.1) is 13.2 Å². The third-order valence-corrected chi connectivity index (χ3v) is 13.5. The fraction of sp³-hybridized carbons (Fsp3) is 0.722. The van der Waals surface area contributed by atoms with E-state index in [2.05, 4.69) is 13.8 Å². The average molecular weight is 647 g/mol. The predicted octanol–water partition coefficient (Wildman–Crippen LogP) is 7.91. The number of carboxylic acid groups (broad SMARTS) is 1. The standard InChI is InChI=1S/C36H57NO7P/c1-9-31(39)44-36(7,33(2,3)4)27-43-45(42,23-17-14-20-28-18-12-10-13-19-28)25-30(38)37(8)26-35(6,24-29(37)32(40)41)34(5)21-15-11-16-22-34/h8,10,12-13,18-19,29H,9,11,14-17,20-27H2,1-7H3,(H,40,41)/q+1. The molecule has 1 heterocycles. The lowest BCUT2D eigenvalue weighted by Gasteiger charge is -2.46. The van der Waals surface area contributed by atoms with Crippen molar-refractivity contribution in [2.75, 3.05) is 25.5 Å². The fourth-order valence-electron chi connectivity index (χ4n) is 7.08. The van der Waals surface area contributed by atoms with Crippen molar-refractivity contribution in [2.45, 2.75) is 124 Å². The Labute approximate surface area is 271 Å². The van der Waals surface area contributed by atoms with Crippen molar-refractivity contribution in [3.63, 3.8) is 0 Å². The van der Waals surface area contributed by atoms with Crippen LogP contribution in [0.3, 0.4) is 0 Å². The van der Waals surface area contributed by atoms with Gasteiger partial charge in [0, 0.05) is 29.8 Å². The zero-order valence-electron chi connectivity index (χ0n) is 28.7. The molecule has 2 radical (unpaired) electrons. The van der Waals surface area contributed by atoms with Crippen LogP contribution in [0.2, 0.25) is 0 Å². The van der Waals surface area contributed by atoms with Gasteiger partial charge in [-0.1, -0.05) is 91.1 Å². The van der Waals surface area contributed by atoms with Crippen LogP contribution >= 0.6 is 7.37 Å². The third-order valence-electron chi connectivity index (χ3n) is 11.2. The largest absolute Gasteiger partial charge is 0.477 e.